The van der Waals surface area contributed by atoms with Crippen molar-refractivity contribution in [2.45, 2.75) is 6.92 Å². The van der Waals surface area contributed by atoms with Gasteiger partial charge in [-0.15, -0.1) is 0 Å². The Bertz CT molecular complexity index is 1090. The molecule has 4 rings (SSSR count). The molecule has 0 radical (unpaired) electrons. The van der Waals surface area contributed by atoms with Gasteiger partial charge < -0.3 is 13.9 Å². The molecule has 1 aliphatic heterocycles. The second-order valence-corrected chi connectivity index (χ2v) is 5.95. The Balaban J connectivity index is 1.56. The molecule has 27 heavy (non-hydrogen) atoms. The minimum atomic E-state index is -0.708. The average molecular weight is 364 g/mol. The number of fused-ring (bicyclic) bond motifs is 1. The van der Waals surface area contributed by atoms with Crippen molar-refractivity contribution >= 4 is 17.8 Å². The van der Waals surface area contributed by atoms with E-state index in [1.54, 1.807) is 19.1 Å². The molecule has 0 atom stereocenters. The Labute approximate surface area is 153 Å². The Kier molecular flexibility index (Phi) is 4.08. The molecule has 0 amide bonds. The van der Waals surface area contributed by atoms with Crippen LogP contribution in [-0.4, -0.2) is 11.8 Å². The predicted octanol–water partition coefficient (Wildman–Crippen LogP) is 4.56. The average Bonchev–Trinajstić information content (AvgIpc) is 3.18. The quantitative estimate of drug-likeness (QED) is 0.387. The lowest BCUT2D eigenvalue weighted by atomic mass is 10.1. The second-order valence-electron chi connectivity index (χ2n) is 5.95. The molecule has 0 spiro atoms. The zero-order valence-corrected chi connectivity index (χ0v) is 14.2. The van der Waals surface area contributed by atoms with Gasteiger partial charge in [0.1, 0.15) is 28.8 Å². The lowest BCUT2D eigenvalue weighted by Crippen LogP contribution is -2.08. The first-order valence-electron chi connectivity index (χ1n) is 8.12. The van der Waals surface area contributed by atoms with Crippen LogP contribution in [0.25, 0.3) is 6.08 Å². The molecule has 1 aliphatic rings. The first kappa shape index (κ1) is 16.8. The number of benzene rings is 2. The normalized spacial score (nSPS) is 14.1. The summed E-state index contributed by atoms with van der Waals surface area (Å²) in [4.78, 5) is 24.5. The van der Waals surface area contributed by atoms with Gasteiger partial charge >= 0.3 is 5.97 Å². The number of aryl methyl sites for hydroxylation is 1. The summed E-state index contributed by atoms with van der Waals surface area (Å²) in [5.74, 6) is 0.272. The lowest BCUT2D eigenvalue weighted by molar-refractivity contribution is 0.0734. The minimum Gasteiger partial charge on any atom is -0.462 e. The molecular formula is C21H13FO5. The zero-order valence-electron chi connectivity index (χ0n) is 14.2. The fourth-order valence-electron chi connectivity index (χ4n) is 2.67. The number of esters is 1. The van der Waals surface area contributed by atoms with Crippen molar-refractivity contribution < 1.29 is 27.9 Å². The summed E-state index contributed by atoms with van der Waals surface area (Å²) in [6.07, 6.45) is 1.51. The molecular weight excluding hydrogens is 351 g/mol. The van der Waals surface area contributed by atoms with E-state index in [0.717, 1.165) is 11.8 Å². The van der Waals surface area contributed by atoms with Gasteiger partial charge in [-0.05, 0) is 49.4 Å². The van der Waals surface area contributed by atoms with E-state index in [1.807, 2.05) is 0 Å². The predicted molar refractivity (Wildman–Crippen MR) is 94.2 cm³/mol. The van der Waals surface area contributed by atoms with Gasteiger partial charge in [0.05, 0.1) is 11.1 Å². The van der Waals surface area contributed by atoms with Crippen LogP contribution < -0.4 is 9.47 Å². The van der Waals surface area contributed by atoms with Gasteiger partial charge in [-0.3, -0.25) is 4.79 Å². The largest absolute Gasteiger partial charge is 0.462 e. The third-order valence-corrected chi connectivity index (χ3v) is 3.95. The number of carbonyl (C=O) groups is 2. The van der Waals surface area contributed by atoms with E-state index in [-0.39, 0.29) is 28.6 Å². The highest BCUT2D eigenvalue weighted by molar-refractivity contribution is 6.14. The zero-order chi connectivity index (χ0) is 19.0. The first-order chi connectivity index (χ1) is 13.0. The summed E-state index contributed by atoms with van der Waals surface area (Å²) in [5, 5.41) is 0. The van der Waals surface area contributed by atoms with Crippen molar-refractivity contribution in [2.75, 3.05) is 0 Å². The highest BCUT2D eigenvalue weighted by Crippen LogP contribution is 2.35. The van der Waals surface area contributed by atoms with Crippen LogP contribution in [0.15, 0.2) is 64.8 Å². The molecule has 0 bridgehead atoms. The van der Waals surface area contributed by atoms with E-state index in [0.29, 0.717) is 11.3 Å². The van der Waals surface area contributed by atoms with Crippen LogP contribution in [0, 0.1) is 12.7 Å². The number of ketones is 1. The Morgan fingerprint density at radius 3 is 2.70 bits per heavy atom. The van der Waals surface area contributed by atoms with Gasteiger partial charge in [0, 0.05) is 12.1 Å². The smallest absolute Gasteiger partial charge is 0.343 e. The van der Waals surface area contributed by atoms with Crippen LogP contribution in [-0.2, 0) is 0 Å². The van der Waals surface area contributed by atoms with E-state index in [9.17, 15) is 14.0 Å². The van der Waals surface area contributed by atoms with Gasteiger partial charge in [0.2, 0.25) is 5.78 Å². The molecule has 0 fully saturated rings. The highest BCUT2D eigenvalue weighted by atomic mass is 19.1. The summed E-state index contributed by atoms with van der Waals surface area (Å²) < 4.78 is 29.5. The summed E-state index contributed by atoms with van der Waals surface area (Å²) in [7, 11) is 0. The maximum absolute atomic E-state index is 13.2. The molecule has 2 heterocycles. The maximum atomic E-state index is 13.2. The molecule has 0 aliphatic carbocycles. The number of allylic oxidation sites excluding steroid dienone is 1. The monoisotopic (exact) mass is 364 g/mol. The minimum absolute atomic E-state index is 0.0845. The van der Waals surface area contributed by atoms with Crippen LogP contribution in [0.3, 0.4) is 0 Å². The maximum Gasteiger partial charge on any atom is 0.343 e. The van der Waals surface area contributed by atoms with Crippen LogP contribution in [0.4, 0.5) is 4.39 Å². The van der Waals surface area contributed by atoms with E-state index in [1.165, 1.54) is 42.5 Å². The lowest BCUT2D eigenvalue weighted by Gasteiger charge is -2.05. The van der Waals surface area contributed by atoms with Crippen molar-refractivity contribution in [2.24, 2.45) is 0 Å². The van der Waals surface area contributed by atoms with Crippen molar-refractivity contribution in [1.29, 1.82) is 0 Å². The standard InChI is InChI=1S/C21H13FO5/c1-12-5-6-15(25-12)11-19-20(23)17-8-7-16(10-18(17)27-19)26-21(24)13-3-2-4-14(22)9-13/h2-11H,1H3/b19-11-. The van der Waals surface area contributed by atoms with Crippen molar-refractivity contribution in [3.63, 3.8) is 0 Å². The van der Waals surface area contributed by atoms with Gasteiger partial charge in [-0.2, -0.15) is 0 Å². The fraction of sp³-hybridized carbons (Fsp3) is 0.0476. The highest BCUT2D eigenvalue weighted by Gasteiger charge is 2.28. The molecule has 3 aromatic rings. The molecule has 5 nitrogen and oxygen atoms in total. The molecule has 0 saturated carbocycles. The molecule has 1 aromatic heterocycles. The molecule has 0 N–H and O–H groups in total. The number of ether oxygens (including phenoxy) is 2. The number of halogens is 1. The van der Waals surface area contributed by atoms with Crippen LogP contribution in [0.2, 0.25) is 0 Å². The number of furan rings is 1. The Morgan fingerprint density at radius 2 is 1.96 bits per heavy atom. The molecule has 2 aromatic carbocycles. The van der Waals surface area contributed by atoms with E-state index in [4.69, 9.17) is 13.9 Å². The molecule has 134 valence electrons. The van der Waals surface area contributed by atoms with Crippen LogP contribution >= 0.6 is 0 Å². The van der Waals surface area contributed by atoms with Crippen LogP contribution in [0.5, 0.6) is 11.5 Å². The number of Topliss-reactive ketones (excluding diaryl/α,β-unsaturated/α-hetero) is 1. The summed E-state index contributed by atoms with van der Waals surface area (Å²) in [6.45, 7) is 1.80. The second kappa shape index (κ2) is 6.57. The molecule has 0 saturated heterocycles. The van der Waals surface area contributed by atoms with Gasteiger partial charge in [0.15, 0.2) is 5.76 Å². The summed E-state index contributed by atoms with van der Waals surface area (Å²) in [5.41, 5.74) is 0.441. The van der Waals surface area contributed by atoms with Gasteiger partial charge in [-0.25, -0.2) is 9.18 Å². The van der Waals surface area contributed by atoms with Crippen molar-refractivity contribution in [3.05, 3.63) is 88.8 Å². The van der Waals surface area contributed by atoms with Gasteiger partial charge in [-0.1, -0.05) is 6.07 Å². The Hall–Kier alpha value is -3.67. The van der Waals surface area contributed by atoms with Crippen molar-refractivity contribution in [3.8, 4) is 11.5 Å². The number of carbonyl (C=O) groups excluding carboxylic acids is 2. The van der Waals surface area contributed by atoms with Crippen LogP contribution in [0.1, 0.15) is 32.2 Å². The molecule has 6 heteroatoms. The number of hydrogen-bond acceptors (Lipinski definition) is 5. The van der Waals surface area contributed by atoms with E-state index < -0.39 is 11.8 Å². The third-order valence-electron chi connectivity index (χ3n) is 3.95. The van der Waals surface area contributed by atoms with E-state index >= 15 is 0 Å². The topological polar surface area (TPSA) is 65.7 Å². The summed E-state index contributed by atoms with van der Waals surface area (Å²) in [6, 6.07) is 13.1. The Morgan fingerprint density at radius 1 is 1.11 bits per heavy atom. The molecule has 0 unspecified atom stereocenters. The first-order valence-corrected chi connectivity index (χ1v) is 8.12. The third kappa shape index (κ3) is 3.37. The summed E-state index contributed by atoms with van der Waals surface area (Å²) >= 11 is 0. The SMILES string of the molecule is Cc1ccc(/C=C2\Oc3cc(OC(=O)c4cccc(F)c4)ccc3C2=O)o1. The number of hydrogen-bond donors (Lipinski definition) is 0. The van der Waals surface area contributed by atoms with E-state index in [2.05, 4.69) is 0 Å². The number of rotatable bonds is 3. The van der Waals surface area contributed by atoms with Gasteiger partial charge in [0.25, 0.3) is 0 Å². The van der Waals surface area contributed by atoms with Crippen molar-refractivity contribution in [1.82, 2.24) is 0 Å². The fourth-order valence-corrected chi connectivity index (χ4v) is 2.67.